The van der Waals surface area contributed by atoms with Crippen LogP contribution in [-0.4, -0.2) is 41.6 Å². The Hall–Kier alpha value is -1.88. The molecule has 5 nitrogen and oxygen atoms in total. The highest BCUT2D eigenvalue weighted by Crippen LogP contribution is 2.32. The summed E-state index contributed by atoms with van der Waals surface area (Å²) in [6.07, 6.45) is 3.84. The van der Waals surface area contributed by atoms with E-state index in [1.54, 1.807) is 0 Å². The van der Waals surface area contributed by atoms with E-state index in [4.69, 9.17) is 4.74 Å². The van der Waals surface area contributed by atoms with Crippen LogP contribution in [0.4, 0.5) is 0 Å². The van der Waals surface area contributed by atoms with Gasteiger partial charge in [-0.15, -0.1) is 0 Å². The molecule has 1 aliphatic heterocycles. The number of aliphatic carboxylic acids is 1. The van der Waals surface area contributed by atoms with Crippen molar-refractivity contribution in [1.82, 2.24) is 4.90 Å². The molecule has 2 aliphatic rings. The van der Waals surface area contributed by atoms with E-state index in [1.165, 1.54) is 0 Å². The second kappa shape index (κ2) is 8.48. The predicted octanol–water partition coefficient (Wildman–Crippen LogP) is 2.94. The third kappa shape index (κ3) is 4.82. The van der Waals surface area contributed by atoms with Crippen LogP contribution in [-0.2, 0) is 20.9 Å². The molecule has 1 aromatic rings. The highest BCUT2D eigenvalue weighted by Gasteiger charge is 2.35. The van der Waals surface area contributed by atoms with Gasteiger partial charge < -0.3 is 14.7 Å². The van der Waals surface area contributed by atoms with Gasteiger partial charge in [-0.25, -0.2) is 0 Å². The Morgan fingerprint density at radius 3 is 2.64 bits per heavy atom. The summed E-state index contributed by atoms with van der Waals surface area (Å²) in [6.45, 7) is 2.78. The van der Waals surface area contributed by atoms with Crippen molar-refractivity contribution in [2.24, 2.45) is 17.8 Å². The van der Waals surface area contributed by atoms with E-state index in [0.29, 0.717) is 32.0 Å². The van der Waals surface area contributed by atoms with E-state index < -0.39 is 5.97 Å². The van der Waals surface area contributed by atoms with E-state index in [1.807, 2.05) is 35.2 Å². The number of carbonyl (C=O) groups is 2. The first-order valence-electron chi connectivity index (χ1n) is 9.26. The minimum absolute atomic E-state index is 0.112. The summed E-state index contributed by atoms with van der Waals surface area (Å²) in [5.41, 5.74) is 1.16. The Morgan fingerprint density at radius 1 is 1.12 bits per heavy atom. The highest BCUT2D eigenvalue weighted by atomic mass is 16.5. The van der Waals surface area contributed by atoms with Gasteiger partial charge in [0.2, 0.25) is 5.91 Å². The maximum atomic E-state index is 12.7. The van der Waals surface area contributed by atoms with Gasteiger partial charge in [0.25, 0.3) is 0 Å². The number of benzene rings is 1. The van der Waals surface area contributed by atoms with Crippen LogP contribution < -0.4 is 0 Å². The molecule has 1 saturated heterocycles. The van der Waals surface area contributed by atoms with Crippen molar-refractivity contribution >= 4 is 11.9 Å². The quantitative estimate of drug-likeness (QED) is 0.861. The Balaban J connectivity index is 1.42. The lowest BCUT2D eigenvalue weighted by Gasteiger charge is -2.29. The first kappa shape index (κ1) is 17.9. The van der Waals surface area contributed by atoms with E-state index >= 15 is 0 Å². The average Bonchev–Trinajstić information content (AvgIpc) is 3.11. The Labute approximate surface area is 149 Å². The molecule has 3 rings (SSSR count). The van der Waals surface area contributed by atoms with Crippen molar-refractivity contribution in [2.75, 3.05) is 19.7 Å². The zero-order valence-electron chi connectivity index (χ0n) is 14.6. The van der Waals surface area contributed by atoms with Crippen molar-refractivity contribution in [3.05, 3.63) is 35.9 Å². The highest BCUT2D eigenvalue weighted by molar-refractivity contribution is 5.80. The summed E-state index contributed by atoms with van der Waals surface area (Å²) in [7, 11) is 0. The largest absolute Gasteiger partial charge is 0.481 e. The molecule has 1 heterocycles. The van der Waals surface area contributed by atoms with Gasteiger partial charge in [0.15, 0.2) is 0 Å². The smallest absolute Gasteiger partial charge is 0.306 e. The van der Waals surface area contributed by atoms with Gasteiger partial charge in [-0.3, -0.25) is 9.59 Å². The second-order valence-electron chi connectivity index (χ2n) is 7.34. The molecule has 0 spiro atoms. The van der Waals surface area contributed by atoms with Gasteiger partial charge in [0, 0.05) is 24.9 Å². The molecular weight excluding hydrogens is 318 g/mol. The van der Waals surface area contributed by atoms with E-state index in [9.17, 15) is 14.7 Å². The van der Waals surface area contributed by atoms with Gasteiger partial charge in [-0.2, -0.15) is 0 Å². The normalized spacial score (nSPS) is 26.6. The van der Waals surface area contributed by atoms with Crippen LogP contribution in [0.5, 0.6) is 0 Å². The Morgan fingerprint density at radius 2 is 1.88 bits per heavy atom. The summed E-state index contributed by atoms with van der Waals surface area (Å²) in [4.78, 5) is 25.8. The number of ether oxygens (including phenoxy) is 1. The number of carbonyl (C=O) groups excluding carboxylic acids is 1. The van der Waals surface area contributed by atoms with Gasteiger partial charge in [0.1, 0.15) is 0 Å². The van der Waals surface area contributed by atoms with Gasteiger partial charge in [-0.1, -0.05) is 36.8 Å². The van der Waals surface area contributed by atoms with Gasteiger partial charge in [0.05, 0.1) is 19.1 Å². The minimum Gasteiger partial charge on any atom is -0.481 e. The van der Waals surface area contributed by atoms with Crippen molar-refractivity contribution < 1.29 is 19.4 Å². The topological polar surface area (TPSA) is 66.8 Å². The van der Waals surface area contributed by atoms with E-state index in [0.717, 1.165) is 37.9 Å². The molecule has 2 fully saturated rings. The van der Waals surface area contributed by atoms with Crippen LogP contribution in [0.2, 0.25) is 0 Å². The first-order valence-corrected chi connectivity index (χ1v) is 9.26. The fraction of sp³-hybridized carbons (Fsp3) is 0.600. The molecular formula is C20H27NO4. The van der Waals surface area contributed by atoms with Gasteiger partial charge >= 0.3 is 5.97 Å². The third-order valence-corrected chi connectivity index (χ3v) is 5.44. The Kier molecular flexibility index (Phi) is 6.08. The van der Waals surface area contributed by atoms with Crippen LogP contribution in [0.1, 0.15) is 37.7 Å². The summed E-state index contributed by atoms with van der Waals surface area (Å²) >= 11 is 0. The lowest BCUT2D eigenvalue weighted by Crippen LogP contribution is -2.38. The van der Waals surface area contributed by atoms with E-state index in [2.05, 4.69) is 0 Å². The predicted molar refractivity (Wildman–Crippen MR) is 93.9 cm³/mol. The first-order chi connectivity index (χ1) is 12.1. The number of amides is 1. The molecule has 0 radical (unpaired) electrons. The third-order valence-electron chi connectivity index (χ3n) is 5.44. The SMILES string of the molecule is O=C(O)[C@@H]1CCC[C@@H](C(=O)N2CC[C@H](COCc3ccccc3)C2)C1. The number of carboxylic acids is 1. The molecule has 5 heteroatoms. The summed E-state index contributed by atoms with van der Waals surface area (Å²) in [5.74, 6) is -0.691. The number of hydrogen-bond acceptors (Lipinski definition) is 3. The maximum Gasteiger partial charge on any atom is 0.306 e. The maximum absolute atomic E-state index is 12.7. The molecule has 25 heavy (non-hydrogen) atoms. The fourth-order valence-corrected chi connectivity index (χ4v) is 3.98. The van der Waals surface area contributed by atoms with E-state index in [-0.39, 0.29) is 17.7 Å². The lowest BCUT2D eigenvalue weighted by atomic mass is 9.81. The average molecular weight is 345 g/mol. The molecule has 1 aliphatic carbocycles. The zero-order valence-corrected chi connectivity index (χ0v) is 14.6. The molecule has 1 saturated carbocycles. The number of rotatable bonds is 6. The Bertz CT molecular complexity index is 589. The van der Waals surface area contributed by atoms with Gasteiger partial charge in [-0.05, 0) is 31.2 Å². The summed E-state index contributed by atoms with van der Waals surface area (Å²) in [6, 6.07) is 10.1. The second-order valence-corrected chi connectivity index (χ2v) is 7.34. The standard InChI is InChI=1S/C20H27NO4/c22-19(17-7-4-8-18(11-17)20(23)24)21-10-9-16(12-21)14-25-13-15-5-2-1-3-6-15/h1-3,5-6,16-18H,4,7-14H2,(H,23,24)/t16-,17+,18+/m0/s1. The van der Waals surface area contributed by atoms with Crippen molar-refractivity contribution in [3.63, 3.8) is 0 Å². The van der Waals surface area contributed by atoms with Crippen molar-refractivity contribution in [3.8, 4) is 0 Å². The van der Waals surface area contributed by atoms with Crippen molar-refractivity contribution in [2.45, 2.75) is 38.7 Å². The zero-order chi connectivity index (χ0) is 17.6. The van der Waals surface area contributed by atoms with Crippen molar-refractivity contribution in [1.29, 1.82) is 0 Å². The molecule has 136 valence electrons. The molecule has 3 atom stereocenters. The monoisotopic (exact) mass is 345 g/mol. The summed E-state index contributed by atoms with van der Waals surface area (Å²) in [5, 5.41) is 9.19. The number of carboxylic acid groups (broad SMARTS) is 1. The summed E-state index contributed by atoms with van der Waals surface area (Å²) < 4.78 is 5.81. The van der Waals surface area contributed by atoms with Crippen LogP contribution in [0, 0.1) is 17.8 Å². The fourth-order valence-electron chi connectivity index (χ4n) is 3.98. The molecule has 0 bridgehead atoms. The number of hydrogen-bond donors (Lipinski definition) is 1. The minimum atomic E-state index is -0.758. The van der Waals surface area contributed by atoms with Crippen LogP contribution in [0.25, 0.3) is 0 Å². The number of likely N-dealkylation sites (tertiary alicyclic amines) is 1. The molecule has 1 amide bonds. The molecule has 0 aromatic heterocycles. The van der Waals surface area contributed by atoms with Crippen LogP contribution in [0.15, 0.2) is 30.3 Å². The number of nitrogens with zero attached hydrogens (tertiary/aromatic N) is 1. The molecule has 1 N–H and O–H groups in total. The van der Waals surface area contributed by atoms with Crippen LogP contribution >= 0.6 is 0 Å². The lowest BCUT2D eigenvalue weighted by molar-refractivity contribution is -0.145. The van der Waals surface area contributed by atoms with Crippen LogP contribution in [0.3, 0.4) is 0 Å². The molecule has 1 aromatic carbocycles. The molecule has 0 unspecified atom stereocenters.